The van der Waals surface area contributed by atoms with E-state index in [9.17, 15) is 13.2 Å². The molecule has 1 amide bonds. The summed E-state index contributed by atoms with van der Waals surface area (Å²) in [5.74, 6) is 0.115. The number of fused-ring (bicyclic) bond motifs is 1. The van der Waals surface area contributed by atoms with Crippen molar-refractivity contribution in [3.05, 3.63) is 71.4 Å². The number of nitrogens with zero attached hydrogens (tertiary/aromatic N) is 4. The van der Waals surface area contributed by atoms with Crippen molar-refractivity contribution in [2.24, 2.45) is 0 Å². The predicted octanol–water partition coefficient (Wildman–Crippen LogP) is 3.86. The molecule has 184 valence electrons. The van der Waals surface area contributed by atoms with E-state index in [-0.39, 0.29) is 21.4 Å². The number of para-hydroxylation sites is 1. The standard InChI is InChI=1S/C25H27ClN4O3S2/c1-18-24(31)30(25(34-18)20-8-2-3-9-21(20)26)17-14-28-12-15-29(16-13-28)35(32,33)22-10-4-6-19-7-5-11-27-23(19)22/h2-11,18,25H,12-17H2,1H3. The third-order valence-corrected chi connectivity index (χ3v) is 10.3. The van der Waals surface area contributed by atoms with E-state index in [4.69, 9.17) is 11.6 Å². The summed E-state index contributed by atoms with van der Waals surface area (Å²) in [6.07, 6.45) is 1.62. The lowest BCUT2D eigenvalue weighted by Gasteiger charge is -2.35. The number of halogens is 1. The molecule has 0 aliphatic carbocycles. The van der Waals surface area contributed by atoms with Crippen molar-refractivity contribution in [1.82, 2.24) is 19.1 Å². The zero-order valence-electron chi connectivity index (χ0n) is 19.4. The van der Waals surface area contributed by atoms with Gasteiger partial charge in [-0.1, -0.05) is 48.0 Å². The van der Waals surface area contributed by atoms with Crippen molar-refractivity contribution < 1.29 is 13.2 Å². The first-order valence-electron chi connectivity index (χ1n) is 11.6. The first-order chi connectivity index (χ1) is 16.9. The van der Waals surface area contributed by atoms with E-state index < -0.39 is 10.0 Å². The van der Waals surface area contributed by atoms with Crippen LogP contribution in [0.15, 0.2) is 65.7 Å². The molecule has 3 aromatic rings. The fourth-order valence-corrected chi connectivity index (χ4v) is 7.92. The van der Waals surface area contributed by atoms with Gasteiger partial charge in [0.05, 0.1) is 10.8 Å². The predicted molar refractivity (Wildman–Crippen MR) is 140 cm³/mol. The van der Waals surface area contributed by atoms with Gasteiger partial charge in [0.2, 0.25) is 15.9 Å². The molecular weight excluding hydrogens is 504 g/mol. The molecule has 3 heterocycles. The monoisotopic (exact) mass is 530 g/mol. The van der Waals surface area contributed by atoms with Crippen LogP contribution in [0, 0.1) is 0 Å². The van der Waals surface area contributed by atoms with Crippen LogP contribution in [0.1, 0.15) is 17.9 Å². The summed E-state index contributed by atoms with van der Waals surface area (Å²) in [6.45, 7) is 5.22. The summed E-state index contributed by atoms with van der Waals surface area (Å²) >= 11 is 8.05. The van der Waals surface area contributed by atoms with E-state index in [1.54, 1.807) is 40.5 Å². The molecule has 2 saturated heterocycles. The number of amides is 1. The summed E-state index contributed by atoms with van der Waals surface area (Å²) in [5.41, 5.74) is 1.46. The molecule has 2 unspecified atom stereocenters. The molecule has 2 aliphatic heterocycles. The van der Waals surface area contributed by atoms with Gasteiger partial charge in [0, 0.05) is 61.4 Å². The Labute approximate surface area is 215 Å². The maximum absolute atomic E-state index is 13.4. The lowest BCUT2D eigenvalue weighted by molar-refractivity contribution is -0.130. The number of piperazine rings is 1. The Balaban J connectivity index is 1.24. The van der Waals surface area contributed by atoms with Gasteiger partial charge in [0.1, 0.15) is 10.3 Å². The minimum absolute atomic E-state index is 0.105. The van der Waals surface area contributed by atoms with Crippen molar-refractivity contribution in [2.75, 3.05) is 39.3 Å². The summed E-state index contributed by atoms with van der Waals surface area (Å²) in [6, 6.07) is 16.6. The molecule has 0 N–H and O–H groups in total. The molecule has 2 atom stereocenters. The third kappa shape index (κ3) is 4.80. The van der Waals surface area contributed by atoms with Crippen LogP contribution in [0.4, 0.5) is 0 Å². The van der Waals surface area contributed by atoms with Gasteiger partial charge in [0.15, 0.2) is 0 Å². The highest BCUT2D eigenvalue weighted by Gasteiger charge is 2.39. The van der Waals surface area contributed by atoms with Crippen LogP contribution in [-0.4, -0.2) is 77.9 Å². The zero-order valence-corrected chi connectivity index (χ0v) is 21.8. The highest BCUT2D eigenvalue weighted by molar-refractivity contribution is 8.01. The fourth-order valence-electron chi connectivity index (χ4n) is 4.68. The van der Waals surface area contributed by atoms with Crippen molar-refractivity contribution >= 4 is 50.2 Å². The number of carbonyl (C=O) groups excluding carboxylic acids is 1. The summed E-state index contributed by atoms with van der Waals surface area (Å²) in [4.78, 5) is 21.6. The zero-order chi connectivity index (χ0) is 24.6. The Bertz CT molecular complexity index is 1340. The molecule has 35 heavy (non-hydrogen) atoms. The van der Waals surface area contributed by atoms with Gasteiger partial charge in [-0.25, -0.2) is 8.42 Å². The van der Waals surface area contributed by atoms with Gasteiger partial charge in [-0.3, -0.25) is 14.7 Å². The minimum atomic E-state index is -3.65. The number of hydrogen-bond acceptors (Lipinski definition) is 6. The van der Waals surface area contributed by atoms with Crippen LogP contribution in [0.2, 0.25) is 5.02 Å². The van der Waals surface area contributed by atoms with Gasteiger partial charge in [-0.15, -0.1) is 11.8 Å². The maximum atomic E-state index is 13.4. The van der Waals surface area contributed by atoms with E-state index in [0.717, 1.165) is 10.9 Å². The summed E-state index contributed by atoms with van der Waals surface area (Å²) in [5, 5.41) is 1.25. The summed E-state index contributed by atoms with van der Waals surface area (Å²) < 4.78 is 28.3. The van der Waals surface area contributed by atoms with Crippen molar-refractivity contribution in [3.8, 4) is 0 Å². The van der Waals surface area contributed by atoms with Gasteiger partial charge < -0.3 is 4.90 Å². The van der Waals surface area contributed by atoms with Gasteiger partial charge in [-0.05, 0) is 25.1 Å². The molecule has 10 heteroatoms. The molecule has 0 radical (unpaired) electrons. The smallest absolute Gasteiger partial charge is 0.245 e. The second-order valence-corrected chi connectivity index (χ2v) is 12.5. The minimum Gasteiger partial charge on any atom is -0.324 e. The molecule has 2 aliphatic rings. The number of rotatable bonds is 6. The van der Waals surface area contributed by atoms with Crippen LogP contribution in [0.5, 0.6) is 0 Å². The lowest BCUT2D eigenvalue weighted by atomic mass is 10.2. The number of pyridine rings is 1. The molecule has 7 nitrogen and oxygen atoms in total. The number of benzene rings is 2. The fraction of sp³-hybridized carbons (Fsp3) is 0.360. The van der Waals surface area contributed by atoms with E-state index in [1.165, 1.54) is 0 Å². The Kier molecular flexibility index (Phi) is 7.05. The van der Waals surface area contributed by atoms with Crippen LogP contribution < -0.4 is 0 Å². The molecule has 0 spiro atoms. The largest absolute Gasteiger partial charge is 0.324 e. The summed E-state index contributed by atoms with van der Waals surface area (Å²) in [7, 11) is -3.65. The number of hydrogen-bond donors (Lipinski definition) is 0. The van der Waals surface area contributed by atoms with Crippen LogP contribution in [0.3, 0.4) is 0 Å². The molecular formula is C25H27ClN4O3S2. The van der Waals surface area contributed by atoms with E-state index >= 15 is 0 Å². The third-order valence-electron chi connectivity index (χ3n) is 6.62. The normalized spacial score (nSPS) is 22.2. The second-order valence-electron chi connectivity index (χ2n) is 8.76. The maximum Gasteiger partial charge on any atom is 0.245 e. The molecule has 1 aromatic heterocycles. The molecule has 0 saturated carbocycles. The van der Waals surface area contributed by atoms with Gasteiger partial charge in [-0.2, -0.15) is 4.31 Å². The number of aromatic nitrogens is 1. The van der Waals surface area contributed by atoms with Crippen molar-refractivity contribution in [2.45, 2.75) is 22.4 Å². The SMILES string of the molecule is CC1SC(c2ccccc2Cl)N(CCN2CCN(S(=O)(=O)c3cccc4cccnc34)CC2)C1=O. The first-order valence-corrected chi connectivity index (χ1v) is 14.4. The van der Waals surface area contributed by atoms with Crippen LogP contribution in [-0.2, 0) is 14.8 Å². The average Bonchev–Trinajstić information content (AvgIpc) is 3.16. The topological polar surface area (TPSA) is 73.8 Å². The van der Waals surface area contributed by atoms with E-state index in [0.29, 0.717) is 49.8 Å². The Hall–Kier alpha value is -2.17. The highest BCUT2D eigenvalue weighted by atomic mass is 35.5. The number of thioether (sulfide) groups is 1. The first kappa shape index (κ1) is 24.5. The Morgan fingerprint density at radius 3 is 2.51 bits per heavy atom. The number of carbonyl (C=O) groups is 1. The molecule has 2 fully saturated rings. The molecule has 5 rings (SSSR count). The molecule has 0 bridgehead atoms. The van der Waals surface area contributed by atoms with E-state index in [1.807, 2.05) is 48.2 Å². The second kappa shape index (κ2) is 10.1. The molecule has 2 aromatic carbocycles. The van der Waals surface area contributed by atoms with Crippen LogP contribution in [0.25, 0.3) is 10.9 Å². The van der Waals surface area contributed by atoms with Crippen LogP contribution >= 0.6 is 23.4 Å². The average molecular weight is 531 g/mol. The van der Waals surface area contributed by atoms with E-state index in [2.05, 4.69) is 9.88 Å². The van der Waals surface area contributed by atoms with Crippen molar-refractivity contribution in [1.29, 1.82) is 0 Å². The van der Waals surface area contributed by atoms with Gasteiger partial charge >= 0.3 is 0 Å². The number of sulfonamides is 1. The lowest BCUT2D eigenvalue weighted by Crippen LogP contribution is -2.50. The van der Waals surface area contributed by atoms with Gasteiger partial charge in [0.25, 0.3) is 0 Å². The Morgan fingerprint density at radius 2 is 1.74 bits per heavy atom. The van der Waals surface area contributed by atoms with Crippen molar-refractivity contribution in [3.63, 3.8) is 0 Å². The quantitative estimate of drug-likeness (QED) is 0.482. The highest BCUT2D eigenvalue weighted by Crippen LogP contribution is 2.44. The Morgan fingerprint density at radius 1 is 1.00 bits per heavy atom.